The average Bonchev–Trinajstić information content (AvgIpc) is 3.52. The van der Waals surface area contributed by atoms with E-state index < -0.39 is 30.4 Å². The smallest absolute Gasteiger partial charge is 0.341 e. The molecule has 0 radical (unpaired) electrons. The molecule has 2 fully saturated rings. The molecular formula is C27H32N2O6S. The largest absolute Gasteiger partial charge is 0.462 e. The molecule has 2 aromatic rings. The van der Waals surface area contributed by atoms with Gasteiger partial charge in [-0.3, -0.25) is 14.4 Å². The number of benzene rings is 1. The summed E-state index contributed by atoms with van der Waals surface area (Å²) in [5.74, 6) is -1.77. The van der Waals surface area contributed by atoms with Gasteiger partial charge in [-0.15, -0.1) is 11.3 Å². The van der Waals surface area contributed by atoms with E-state index in [1.807, 2.05) is 29.6 Å². The third kappa shape index (κ3) is 5.61. The van der Waals surface area contributed by atoms with Crippen molar-refractivity contribution >= 4 is 45.8 Å². The van der Waals surface area contributed by atoms with E-state index in [1.165, 1.54) is 11.3 Å². The van der Waals surface area contributed by atoms with Gasteiger partial charge in [-0.25, -0.2) is 4.79 Å². The SMILES string of the molecule is CCOC(=O)c1c(C2CC2)csc1NC(=O)COC(=O)[C@@H]1CC(=O)N(c2ccccc2[C@H](C)CC)C1. The van der Waals surface area contributed by atoms with Gasteiger partial charge < -0.3 is 19.7 Å². The Bertz CT molecular complexity index is 1150. The van der Waals surface area contributed by atoms with E-state index in [2.05, 4.69) is 19.2 Å². The summed E-state index contributed by atoms with van der Waals surface area (Å²) in [7, 11) is 0. The second-order valence-electron chi connectivity index (χ2n) is 9.32. The molecule has 2 amide bonds. The van der Waals surface area contributed by atoms with Crippen LogP contribution < -0.4 is 10.2 Å². The predicted octanol–water partition coefficient (Wildman–Crippen LogP) is 4.85. The molecule has 1 aromatic carbocycles. The second kappa shape index (κ2) is 11.2. The fourth-order valence-corrected chi connectivity index (χ4v) is 5.50. The van der Waals surface area contributed by atoms with E-state index in [9.17, 15) is 19.2 Å². The van der Waals surface area contributed by atoms with Gasteiger partial charge >= 0.3 is 11.9 Å². The van der Waals surface area contributed by atoms with Crippen molar-refractivity contribution in [2.75, 3.05) is 30.0 Å². The van der Waals surface area contributed by atoms with Gasteiger partial charge in [0, 0.05) is 18.7 Å². The van der Waals surface area contributed by atoms with Gasteiger partial charge in [-0.05, 0) is 60.6 Å². The van der Waals surface area contributed by atoms with Crippen LogP contribution in [0.3, 0.4) is 0 Å². The third-order valence-electron chi connectivity index (χ3n) is 6.74. The minimum atomic E-state index is -0.645. The van der Waals surface area contributed by atoms with Crippen LogP contribution in [-0.2, 0) is 23.9 Å². The molecular weight excluding hydrogens is 480 g/mol. The molecule has 1 N–H and O–H groups in total. The third-order valence-corrected chi connectivity index (χ3v) is 7.66. The van der Waals surface area contributed by atoms with Gasteiger partial charge in [0.1, 0.15) is 5.00 Å². The van der Waals surface area contributed by atoms with Crippen LogP contribution in [0.4, 0.5) is 10.7 Å². The Labute approximate surface area is 215 Å². The predicted molar refractivity (Wildman–Crippen MR) is 137 cm³/mol. The van der Waals surface area contributed by atoms with Crippen LogP contribution in [0.25, 0.3) is 0 Å². The van der Waals surface area contributed by atoms with Crippen molar-refractivity contribution in [3.8, 4) is 0 Å². The first-order chi connectivity index (χ1) is 17.3. The van der Waals surface area contributed by atoms with Crippen LogP contribution in [0, 0.1) is 5.92 Å². The van der Waals surface area contributed by atoms with Crippen molar-refractivity contribution in [2.45, 2.75) is 58.3 Å². The minimum absolute atomic E-state index is 0.0397. The summed E-state index contributed by atoms with van der Waals surface area (Å²) in [4.78, 5) is 52.1. The van der Waals surface area contributed by atoms with Crippen molar-refractivity contribution in [3.05, 3.63) is 46.3 Å². The van der Waals surface area contributed by atoms with E-state index in [0.717, 1.165) is 36.1 Å². The molecule has 2 aliphatic rings. The Hall–Kier alpha value is -3.20. The maximum atomic E-state index is 12.7. The zero-order valence-electron chi connectivity index (χ0n) is 20.9. The van der Waals surface area contributed by atoms with Crippen LogP contribution in [0.1, 0.15) is 79.8 Å². The molecule has 36 heavy (non-hydrogen) atoms. The van der Waals surface area contributed by atoms with Gasteiger partial charge in [0.25, 0.3) is 5.91 Å². The lowest BCUT2D eigenvalue weighted by Crippen LogP contribution is -2.29. The Morgan fingerprint density at radius 3 is 2.61 bits per heavy atom. The number of hydrogen-bond acceptors (Lipinski definition) is 7. The standard InChI is InChI=1S/C27H32N2O6S/c1-4-16(3)19-8-6-7-9-21(19)29-13-18(12-23(29)31)26(32)35-14-22(30)28-25-24(27(33)34-5-2)20(15-36-25)17-10-11-17/h6-9,15-18H,4-5,10-14H2,1-3H3,(H,28,30)/t16-,18-/m1/s1. The van der Waals surface area contributed by atoms with Crippen molar-refractivity contribution in [3.63, 3.8) is 0 Å². The first kappa shape index (κ1) is 25.9. The van der Waals surface area contributed by atoms with Gasteiger partial charge in [-0.1, -0.05) is 32.0 Å². The summed E-state index contributed by atoms with van der Waals surface area (Å²) in [5.41, 5.74) is 3.18. The number of thiophene rings is 1. The lowest BCUT2D eigenvalue weighted by Gasteiger charge is -2.23. The quantitative estimate of drug-likeness (QED) is 0.457. The number of anilines is 2. The van der Waals surface area contributed by atoms with E-state index in [4.69, 9.17) is 9.47 Å². The summed E-state index contributed by atoms with van der Waals surface area (Å²) in [6.07, 6.45) is 2.99. The van der Waals surface area contributed by atoms with E-state index in [-0.39, 0.29) is 31.4 Å². The number of amides is 2. The van der Waals surface area contributed by atoms with Crippen molar-refractivity contribution in [1.29, 1.82) is 0 Å². The van der Waals surface area contributed by atoms with Crippen molar-refractivity contribution in [2.24, 2.45) is 5.92 Å². The average molecular weight is 513 g/mol. The number of nitrogens with zero attached hydrogens (tertiary/aromatic N) is 1. The Balaban J connectivity index is 1.36. The molecule has 1 aromatic heterocycles. The maximum Gasteiger partial charge on any atom is 0.341 e. The van der Waals surface area contributed by atoms with E-state index in [1.54, 1.807) is 11.8 Å². The highest BCUT2D eigenvalue weighted by Crippen LogP contribution is 2.46. The molecule has 0 bridgehead atoms. The van der Waals surface area contributed by atoms with Gasteiger partial charge in [0.05, 0.1) is 18.1 Å². The monoisotopic (exact) mass is 512 g/mol. The minimum Gasteiger partial charge on any atom is -0.462 e. The Morgan fingerprint density at radius 2 is 1.92 bits per heavy atom. The lowest BCUT2D eigenvalue weighted by atomic mass is 9.96. The van der Waals surface area contributed by atoms with E-state index in [0.29, 0.717) is 16.5 Å². The number of para-hydroxylation sites is 1. The molecule has 1 saturated carbocycles. The number of carbonyl (C=O) groups is 4. The van der Waals surface area contributed by atoms with Crippen molar-refractivity contribution in [1.82, 2.24) is 0 Å². The molecule has 2 atom stereocenters. The molecule has 2 heterocycles. The highest BCUT2D eigenvalue weighted by Gasteiger charge is 2.37. The zero-order chi connectivity index (χ0) is 25.8. The number of ether oxygens (including phenoxy) is 2. The van der Waals surface area contributed by atoms with Crippen LogP contribution in [0.5, 0.6) is 0 Å². The molecule has 8 nitrogen and oxygen atoms in total. The molecule has 0 spiro atoms. The van der Waals surface area contributed by atoms with Gasteiger partial charge in [0.15, 0.2) is 6.61 Å². The molecule has 1 aliphatic heterocycles. The Kier molecular flexibility index (Phi) is 8.08. The fourth-order valence-electron chi connectivity index (χ4n) is 4.46. The van der Waals surface area contributed by atoms with E-state index >= 15 is 0 Å². The first-order valence-electron chi connectivity index (χ1n) is 12.5. The highest BCUT2D eigenvalue weighted by atomic mass is 32.1. The van der Waals surface area contributed by atoms with Crippen LogP contribution in [0.15, 0.2) is 29.6 Å². The maximum absolute atomic E-state index is 12.7. The number of hydrogen-bond donors (Lipinski definition) is 1. The van der Waals surface area contributed by atoms with Crippen LogP contribution in [-0.4, -0.2) is 43.5 Å². The highest BCUT2D eigenvalue weighted by molar-refractivity contribution is 7.15. The number of nitrogens with one attached hydrogen (secondary N) is 1. The van der Waals surface area contributed by atoms with Gasteiger partial charge in [0.2, 0.25) is 5.91 Å². The fraction of sp³-hybridized carbons (Fsp3) is 0.481. The molecule has 9 heteroatoms. The van der Waals surface area contributed by atoms with Crippen LogP contribution >= 0.6 is 11.3 Å². The number of esters is 2. The Morgan fingerprint density at radius 1 is 1.17 bits per heavy atom. The lowest BCUT2D eigenvalue weighted by molar-refractivity contribution is -0.151. The first-order valence-corrected chi connectivity index (χ1v) is 13.4. The molecule has 1 aliphatic carbocycles. The number of rotatable bonds is 10. The molecule has 192 valence electrons. The summed E-state index contributed by atoms with van der Waals surface area (Å²) >= 11 is 1.27. The second-order valence-corrected chi connectivity index (χ2v) is 10.2. The van der Waals surface area contributed by atoms with Crippen LogP contribution in [0.2, 0.25) is 0 Å². The molecule has 0 unspecified atom stereocenters. The normalized spacial score (nSPS) is 18.1. The topological polar surface area (TPSA) is 102 Å². The summed E-state index contributed by atoms with van der Waals surface area (Å²) < 4.78 is 10.4. The molecule has 4 rings (SSSR count). The summed E-state index contributed by atoms with van der Waals surface area (Å²) in [5, 5.41) is 4.97. The van der Waals surface area contributed by atoms with Crippen molar-refractivity contribution < 1.29 is 28.7 Å². The van der Waals surface area contributed by atoms with Gasteiger partial charge in [-0.2, -0.15) is 0 Å². The number of carbonyl (C=O) groups excluding carboxylic acids is 4. The summed E-state index contributed by atoms with van der Waals surface area (Å²) in [6, 6.07) is 7.74. The zero-order valence-corrected chi connectivity index (χ0v) is 21.7. The summed E-state index contributed by atoms with van der Waals surface area (Å²) in [6.45, 7) is 5.90. The molecule has 1 saturated heterocycles.